The Morgan fingerprint density at radius 1 is 1.23 bits per heavy atom. The van der Waals surface area contributed by atoms with E-state index in [-0.39, 0.29) is 11.8 Å². The molecular formula is C15H19N3O3S. The number of hydrogen-bond donors (Lipinski definition) is 1. The molecule has 1 aromatic rings. The lowest BCUT2D eigenvalue weighted by Gasteiger charge is -2.43. The highest BCUT2D eigenvalue weighted by molar-refractivity contribution is 7.11. The van der Waals surface area contributed by atoms with E-state index in [1.165, 1.54) is 11.3 Å². The van der Waals surface area contributed by atoms with Gasteiger partial charge in [0.1, 0.15) is 5.69 Å². The molecule has 0 radical (unpaired) electrons. The monoisotopic (exact) mass is 321 g/mol. The number of carbonyl (C=O) groups is 2. The van der Waals surface area contributed by atoms with Crippen LogP contribution in [0.5, 0.6) is 0 Å². The van der Waals surface area contributed by atoms with E-state index in [4.69, 9.17) is 0 Å². The van der Waals surface area contributed by atoms with Crippen LogP contribution in [0.4, 0.5) is 0 Å². The molecule has 0 spiro atoms. The predicted molar refractivity (Wildman–Crippen MR) is 80.9 cm³/mol. The van der Waals surface area contributed by atoms with Gasteiger partial charge in [-0.25, -0.2) is 4.98 Å². The van der Waals surface area contributed by atoms with E-state index in [1.807, 2.05) is 4.90 Å². The summed E-state index contributed by atoms with van der Waals surface area (Å²) in [6, 6.07) is 0.729. The minimum atomic E-state index is -0.791. The fraction of sp³-hybridized carbons (Fsp3) is 0.667. The number of rotatable bonds is 2. The van der Waals surface area contributed by atoms with Crippen molar-refractivity contribution in [3.63, 3.8) is 0 Å². The standard InChI is InChI=1S/C15H19N3O3S/c1-15(21)7-17(8-15)14(20)12-16-11(6-22-12)13(19)18-9-2-3-10(18)5-4-9/h6,9-10,21H,2-5,7-8H2,1H3/t9-,10+. The van der Waals surface area contributed by atoms with Gasteiger partial charge in [-0.15, -0.1) is 11.3 Å². The first kappa shape index (κ1) is 14.1. The van der Waals surface area contributed by atoms with Gasteiger partial charge in [0.15, 0.2) is 5.01 Å². The van der Waals surface area contributed by atoms with Crippen LogP contribution in [0, 0.1) is 0 Å². The molecule has 3 fully saturated rings. The average molecular weight is 321 g/mol. The number of likely N-dealkylation sites (tertiary alicyclic amines) is 1. The van der Waals surface area contributed by atoms with Crippen molar-refractivity contribution in [2.75, 3.05) is 13.1 Å². The van der Waals surface area contributed by atoms with Gasteiger partial charge >= 0.3 is 0 Å². The Bertz CT molecular complexity index is 614. The van der Waals surface area contributed by atoms with E-state index in [9.17, 15) is 14.7 Å². The number of thiazole rings is 1. The molecule has 2 bridgehead atoms. The van der Waals surface area contributed by atoms with Gasteiger partial charge in [-0.05, 0) is 32.6 Å². The Labute approximate surface area is 132 Å². The molecule has 22 heavy (non-hydrogen) atoms. The van der Waals surface area contributed by atoms with Crippen molar-refractivity contribution in [2.45, 2.75) is 50.3 Å². The van der Waals surface area contributed by atoms with Gasteiger partial charge in [0.05, 0.1) is 18.7 Å². The number of nitrogens with zero attached hydrogens (tertiary/aromatic N) is 3. The van der Waals surface area contributed by atoms with Crippen molar-refractivity contribution in [1.29, 1.82) is 0 Å². The molecule has 0 saturated carbocycles. The average Bonchev–Trinajstić information content (AvgIpc) is 3.18. The summed E-state index contributed by atoms with van der Waals surface area (Å²) < 4.78 is 0. The zero-order chi connectivity index (χ0) is 15.5. The van der Waals surface area contributed by atoms with Crippen molar-refractivity contribution in [2.24, 2.45) is 0 Å². The van der Waals surface area contributed by atoms with Crippen LogP contribution in [0.2, 0.25) is 0 Å². The first-order valence-electron chi connectivity index (χ1n) is 7.74. The summed E-state index contributed by atoms with van der Waals surface area (Å²) in [5.74, 6) is -0.226. The van der Waals surface area contributed by atoms with Gasteiger partial charge in [0.2, 0.25) is 0 Å². The van der Waals surface area contributed by atoms with E-state index in [1.54, 1.807) is 17.2 Å². The normalized spacial score (nSPS) is 28.8. The lowest BCUT2D eigenvalue weighted by atomic mass is 9.97. The molecule has 0 aliphatic carbocycles. The molecule has 3 aliphatic heterocycles. The summed E-state index contributed by atoms with van der Waals surface area (Å²) in [5.41, 5.74) is -0.403. The van der Waals surface area contributed by atoms with Gasteiger partial charge in [0.25, 0.3) is 11.8 Å². The second-order valence-electron chi connectivity index (χ2n) is 6.87. The first-order chi connectivity index (χ1) is 10.4. The Balaban J connectivity index is 1.48. The summed E-state index contributed by atoms with van der Waals surface area (Å²) >= 11 is 1.21. The number of fused-ring (bicyclic) bond motifs is 2. The highest BCUT2D eigenvalue weighted by Gasteiger charge is 2.44. The largest absolute Gasteiger partial charge is 0.386 e. The Morgan fingerprint density at radius 2 is 1.82 bits per heavy atom. The third kappa shape index (κ3) is 2.14. The van der Waals surface area contributed by atoms with E-state index in [0.717, 1.165) is 25.7 Å². The molecule has 2 amide bonds. The molecule has 1 aromatic heterocycles. The van der Waals surface area contributed by atoms with Crippen LogP contribution in [0.15, 0.2) is 5.38 Å². The maximum atomic E-state index is 12.6. The minimum Gasteiger partial charge on any atom is -0.386 e. The highest BCUT2D eigenvalue weighted by atomic mass is 32.1. The predicted octanol–water partition coefficient (Wildman–Crippen LogP) is 1.12. The van der Waals surface area contributed by atoms with Crippen molar-refractivity contribution in [3.05, 3.63) is 16.1 Å². The van der Waals surface area contributed by atoms with E-state index in [2.05, 4.69) is 4.98 Å². The fourth-order valence-corrected chi connectivity index (χ4v) is 4.66. The second-order valence-corrected chi connectivity index (χ2v) is 7.73. The van der Waals surface area contributed by atoms with Crippen molar-refractivity contribution in [3.8, 4) is 0 Å². The van der Waals surface area contributed by atoms with Crippen molar-refractivity contribution >= 4 is 23.2 Å². The Kier molecular flexibility index (Phi) is 3.06. The third-order valence-corrected chi connectivity index (χ3v) is 5.77. The molecule has 3 aliphatic rings. The Morgan fingerprint density at radius 3 is 2.36 bits per heavy atom. The lowest BCUT2D eigenvalue weighted by Crippen LogP contribution is -2.61. The molecule has 4 heterocycles. The van der Waals surface area contributed by atoms with Crippen LogP contribution in [0.1, 0.15) is 52.9 Å². The van der Waals surface area contributed by atoms with Crippen LogP contribution in [0.3, 0.4) is 0 Å². The number of aromatic nitrogens is 1. The number of β-amino-alcohol motifs (C(OH)–C–C–N with tert-alkyl or cyclic N) is 1. The van der Waals surface area contributed by atoms with Crippen molar-refractivity contribution < 1.29 is 14.7 Å². The molecule has 1 N–H and O–H groups in total. The van der Waals surface area contributed by atoms with Crippen LogP contribution in [-0.2, 0) is 0 Å². The summed E-state index contributed by atoms with van der Waals surface area (Å²) in [6.07, 6.45) is 4.37. The topological polar surface area (TPSA) is 73.7 Å². The summed E-state index contributed by atoms with van der Waals surface area (Å²) in [4.78, 5) is 32.6. The molecule has 3 saturated heterocycles. The molecule has 118 valence electrons. The highest BCUT2D eigenvalue weighted by Crippen LogP contribution is 2.38. The maximum Gasteiger partial charge on any atom is 0.283 e. The molecule has 0 atom stereocenters. The minimum absolute atomic E-state index is 0.0316. The molecule has 0 aromatic carbocycles. The van der Waals surface area contributed by atoms with E-state index in [0.29, 0.717) is 35.9 Å². The fourth-order valence-electron chi connectivity index (χ4n) is 3.90. The summed E-state index contributed by atoms with van der Waals surface area (Å²) in [6.45, 7) is 2.35. The zero-order valence-electron chi connectivity index (χ0n) is 12.5. The molecule has 0 unspecified atom stereocenters. The van der Waals surface area contributed by atoms with Gasteiger partial charge in [-0.3, -0.25) is 9.59 Å². The SMILES string of the molecule is CC1(O)CN(C(=O)c2nc(C(=O)N3[C@H]4CC[C@@H]3CC4)cs2)C1. The quantitative estimate of drug-likeness (QED) is 0.886. The third-order valence-electron chi connectivity index (χ3n) is 4.94. The zero-order valence-corrected chi connectivity index (χ0v) is 13.3. The van der Waals surface area contributed by atoms with Crippen LogP contribution >= 0.6 is 11.3 Å². The molecule has 4 rings (SSSR count). The Hall–Kier alpha value is -1.47. The maximum absolute atomic E-state index is 12.6. The summed E-state index contributed by atoms with van der Waals surface area (Å²) in [7, 11) is 0. The van der Waals surface area contributed by atoms with Crippen LogP contribution in [0.25, 0.3) is 0 Å². The second kappa shape index (κ2) is 4.76. The number of carbonyl (C=O) groups excluding carboxylic acids is 2. The first-order valence-corrected chi connectivity index (χ1v) is 8.62. The van der Waals surface area contributed by atoms with Crippen LogP contribution < -0.4 is 0 Å². The summed E-state index contributed by atoms with van der Waals surface area (Å²) in [5, 5.41) is 11.7. The number of hydrogen-bond acceptors (Lipinski definition) is 5. The van der Waals surface area contributed by atoms with E-state index < -0.39 is 5.60 Å². The van der Waals surface area contributed by atoms with Crippen LogP contribution in [-0.4, -0.2) is 62.5 Å². The molecule has 7 heteroatoms. The van der Waals surface area contributed by atoms with Crippen molar-refractivity contribution in [1.82, 2.24) is 14.8 Å². The number of aliphatic hydroxyl groups is 1. The number of amides is 2. The van der Waals surface area contributed by atoms with Gasteiger partial charge in [0, 0.05) is 17.5 Å². The molecule has 6 nitrogen and oxygen atoms in total. The smallest absolute Gasteiger partial charge is 0.283 e. The van der Waals surface area contributed by atoms with E-state index >= 15 is 0 Å². The molecular weight excluding hydrogens is 302 g/mol. The van der Waals surface area contributed by atoms with Gasteiger partial charge < -0.3 is 14.9 Å². The lowest BCUT2D eigenvalue weighted by molar-refractivity contribution is -0.0668. The van der Waals surface area contributed by atoms with Gasteiger partial charge in [-0.1, -0.05) is 0 Å². The van der Waals surface area contributed by atoms with Gasteiger partial charge in [-0.2, -0.15) is 0 Å².